The van der Waals surface area contributed by atoms with Gasteiger partial charge in [0.25, 0.3) is 0 Å². The van der Waals surface area contributed by atoms with Crippen LogP contribution < -0.4 is 4.74 Å². The highest BCUT2D eigenvalue weighted by molar-refractivity contribution is 5.41. The topological polar surface area (TPSA) is 38.7 Å². The fraction of sp³-hybridized carbons (Fsp3) is 0.739. The van der Waals surface area contributed by atoms with E-state index in [9.17, 15) is 5.11 Å². The molecule has 1 N–H and O–H groups in total. The second-order valence-electron chi connectivity index (χ2n) is 9.15. The first kappa shape index (κ1) is 18.3. The number of benzene rings is 1. The lowest BCUT2D eigenvalue weighted by Gasteiger charge is -2.50. The van der Waals surface area contributed by atoms with Crippen molar-refractivity contribution in [1.29, 1.82) is 0 Å². The summed E-state index contributed by atoms with van der Waals surface area (Å²) in [6.45, 7) is 9.86. The molecule has 0 spiro atoms. The van der Waals surface area contributed by atoms with Gasteiger partial charge in [-0.3, -0.25) is 0 Å². The van der Waals surface area contributed by atoms with Crippen LogP contribution in [0.15, 0.2) is 18.2 Å². The predicted octanol–water partition coefficient (Wildman–Crippen LogP) is 4.71. The molecule has 0 aliphatic heterocycles. The molecule has 4 rings (SSSR count). The Hall–Kier alpha value is -1.06. The lowest BCUT2D eigenvalue weighted by molar-refractivity contribution is -0.125. The van der Waals surface area contributed by atoms with E-state index in [2.05, 4.69) is 25.1 Å². The molecule has 3 nitrogen and oxygen atoms in total. The number of hydrogen-bond acceptors (Lipinski definition) is 3. The number of ether oxygens (including phenoxy) is 2. The highest BCUT2D eigenvalue weighted by Crippen LogP contribution is 2.63. The van der Waals surface area contributed by atoms with Crippen molar-refractivity contribution in [2.24, 2.45) is 17.3 Å². The molecule has 0 amide bonds. The fourth-order valence-electron chi connectivity index (χ4n) is 6.67. The van der Waals surface area contributed by atoms with Crippen molar-refractivity contribution in [2.75, 3.05) is 13.2 Å². The number of aliphatic hydroxyl groups is 1. The van der Waals surface area contributed by atoms with Crippen LogP contribution in [-0.2, 0) is 11.2 Å². The quantitative estimate of drug-likeness (QED) is 0.847. The first-order valence-electron chi connectivity index (χ1n) is 10.5. The second kappa shape index (κ2) is 6.53. The number of rotatable bonds is 4. The Morgan fingerprint density at radius 2 is 1.96 bits per heavy atom. The summed E-state index contributed by atoms with van der Waals surface area (Å²) < 4.78 is 11.8. The van der Waals surface area contributed by atoms with Crippen molar-refractivity contribution in [3.05, 3.63) is 29.3 Å². The maximum absolute atomic E-state index is 11.1. The second-order valence-corrected chi connectivity index (χ2v) is 9.15. The van der Waals surface area contributed by atoms with Gasteiger partial charge in [-0.1, -0.05) is 13.0 Å². The molecule has 0 aromatic heterocycles. The van der Waals surface area contributed by atoms with E-state index in [1.165, 1.54) is 24.0 Å². The summed E-state index contributed by atoms with van der Waals surface area (Å²) in [6, 6.07) is 6.72. The molecule has 6 atom stereocenters. The van der Waals surface area contributed by atoms with Gasteiger partial charge < -0.3 is 14.6 Å². The van der Waals surface area contributed by atoms with Crippen LogP contribution in [-0.4, -0.2) is 30.0 Å². The van der Waals surface area contributed by atoms with Crippen molar-refractivity contribution in [1.82, 2.24) is 0 Å². The Morgan fingerprint density at radius 3 is 2.69 bits per heavy atom. The minimum Gasteiger partial charge on any atom is -0.494 e. The lowest BCUT2D eigenvalue weighted by Crippen LogP contribution is -2.48. The highest BCUT2D eigenvalue weighted by atomic mass is 16.5. The summed E-state index contributed by atoms with van der Waals surface area (Å²) in [5.41, 5.74) is 2.41. The van der Waals surface area contributed by atoms with Gasteiger partial charge in [0.05, 0.1) is 18.3 Å². The predicted molar refractivity (Wildman–Crippen MR) is 104 cm³/mol. The average molecular weight is 359 g/mol. The summed E-state index contributed by atoms with van der Waals surface area (Å²) in [7, 11) is 0. The Balaban J connectivity index is 1.64. The van der Waals surface area contributed by atoms with Crippen molar-refractivity contribution in [3.8, 4) is 5.75 Å². The molecular formula is C23H34O3. The minimum absolute atomic E-state index is 0.0346. The molecule has 26 heavy (non-hydrogen) atoms. The Bertz CT molecular complexity index is 667. The molecular weight excluding hydrogens is 324 g/mol. The molecule has 3 aliphatic rings. The van der Waals surface area contributed by atoms with Crippen molar-refractivity contribution >= 4 is 0 Å². The van der Waals surface area contributed by atoms with Gasteiger partial charge in [0.15, 0.2) is 0 Å². The number of hydrogen-bond donors (Lipinski definition) is 1. The van der Waals surface area contributed by atoms with Crippen LogP contribution in [0, 0.1) is 17.3 Å². The zero-order valence-electron chi connectivity index (χ0n) is 16.8. The molecule has 0 heterocycles. The van der Waals surface area contributed by atoms with Crippen molar-refractivity contribution in [2.45, 2.75) is 77.4 Å². The van der Waals surface area contributed by atoms with Gasteiger partial charge in [0.1, 0.15) is 5.75 Å². The minimum atomic E-state index is -0.705. The molecule has 144 valence electrons. The van der Waals surface area contributed by atoms with Crippen LogP contribution in [0.2, 0.25) is 0 Å². The SMILES string of the molecule is CCOc1ccc2c(c1)CC[C@@H]1[C@@H]2CC[C@]2(C)C(OCC)C(C)(O)C[C@@H]12. The molecule has 2 saturated carbocycles. The van der Waals surface area contributed by atoms with Gasteiger partial charge >= 0.3 is 0 Å². The third-order valence-corrected chi connectivity index (χ3v) is 7.58. The van der Waals surface area contributed by atoms with Gasteiger partial charge in [0, 0.05) is 6.61 Å². The Morgan fingerprint density at radius 1 is 1.15 bits per heavy atom. The molecule has 0 radical (unpaired) electrons. The normalized spacial score (nSPS) is 41.3. The van der Waals surface area contributed by atoms with Crippen LogP contribution in [0.5, 0.6) is 5.75 Å². The molecule has 3 aliphatic carbocycles. The monoisotopic (exact) mass is 358 g/mol. The van der Waals surface area contributed by atoms with Crippen LogP contribution >= 0.6 is 0 Å². The molecule has 0 saturated heterocycles. The first-order chi connectivity index (χ1) is 12.4. The van der Waals surface area contributed by atoms with E-state index < -0.39 is 5.60 Å². The zero-order chi connectivity index (χ0) is 18.5. The first-order valence-corrected chi connectivity index (χ1v) is 10.5. The largest absolute Gasteiger partial charge is 0.494 e. The summed E-state index contributed by atoms with van der Waals surface area (Å²) in [5.74, 6) is 2.85. The van der Waals surface area contributed by atoms with Crippen LogP contribution in [0.1, 0.15) is 70.4 Å². The van der Waals surface area contributed by atoms with Crippen LogP contribution in [0.3, 0.4) is 0 Å². The van der Waals surface area contributed by atoms with E-state index in [0.29, 0.717) is 24.4 Å². The van der Waals surface area contributed by atoms with E-state index >= 15 is 0 Å². The third-order valence-electron chi connectivity index (χ3n) is 7.58. The number of aryl methyl sites for hydroxylation is 1. The molecule has 2 fully saturated rings. The Kier molecular flexibility index (Phi) is 4.60. The highest BCUT2D eigenvalue weighted by Gasteiger charge is 2.62. The van der Waals surface area contributed by atoms with E-state index in [-0.39, 0.29) is 11.5 Å². The molecule has 1 aromatic carbocycles. The van der Waals surface area contributed by atoms with Gasteiger partial charge in [-0.15, -0.1) is 0 Å². The number of fused-ring (bicyclic) bond motifs is 5. The lowest BCUT2D eigenvalue weighted by atomic mass is 9.55. The Labute approximate surface area is 158 Å². The zero-order valence-corrected chi connectivity index (χ0v) is 16.8. The molecule has 0 bridgehead atoms. The van der Waals surface area contributed by atoms with Gasteiger partial charge in [0.2, 0.25) is 0 Å². The summed E-state index contributed by atoms with van der Waals surface area (Å²) in [6.07, 6.45) is 5.55. The van der Waals surface area contributed by atoms with Crippen molar-refractivity contribution in [3.63, 3.8) is 0 Å². The summed E-state index contributed by atoms with van der Waals surface area (Å²) in [5, 5.41) is 11.1. The maximum atomic E-state index is 11.1. The standard InChI is InChI=1S/C23H34O3/c1-5-25-16-8-10-17-15(13-16)7-9-19-18(17)11-12-22(3)20(19)14-23(4,24)21(22)26-6-2/h8,10,13,18-21,24H,5-7,9,11-12,14H2,1-4H3/t18-,19-,20+,21?,22+,23?/m1/s1. The van der Waals surface area contributed by atoms with E-state index in [1.54, 1.807) is 0 Å². The van der Waals surface area contributed by atoms with Gasteiger partial charge in [-0.05, 0) is 99.3 Å². The average Bonchev–Trinajstić information content (AvgIpc) is 2.82. The van der Waals surface area contributed by atoms with E-state index in [1.807, 2.05) is 20.8 Å². The van der Waals surface area contributed by atoms with Gasteiger partial charge in [-0.25, -0.2) is 0 Å². The maximum Gasteiger partial charge on any atom is 0.119 e. The third kappa shape index (κ3) is 2.70. The van der Waals surface area contributed by atoms with Crippen LogP contribution in [0.25, 0.3) is 0 Å². The van der Waals surface area contributed by atoms with Crippen LogP contribution in [0.4, 0.5) is 0 Å². The fourth-order valence-corrected chi connectivity index (χ4v) is 6.67. The molecule has 1 aromatic rings. The van der Waals surface area contributed by atoms with Gasteiger partial charge in [-0.2, -0.15) is 0 Å². The summed E-state index contributed by atoms with van der Waals surface area (Å²) >= 11 is 0. The molecule has 3 heteroatoms. The smallest absolute Gasteiger partial charge is 0.119 e. The van der Waals surface area contributed by atoms with Crippen molar-refractivity contribution < 1.29 is 14.6 Å². The molecule has 2 unspecified atom stereocenters. The summed E-state index contributed by atoms with van der Waals surface area (Å²) in [4.78, 5) is 0. The van der Waals surface area contributed by atoms with E-state index in [4.69, 9.17) is 9.47 Å². The van der Waals surface area contributed by atoms with E-state index in [0.717, 1.165) is 31.6 Å².